The predicted molar refractivity (Wildman–Crippen MR) is 68.8 cm³/mol. The molecule has 0 atom stereocenters. The van der Waals surface area contributed by atoms with Gasteiger partial charge in [-0.25, -0.2) is 0 Å². The average Bonchev–Trinajstić information content (AvgIpc) is 2.29. The third kappa shape index (κ3) is 4.68. The molecule has 1 aromatic carbocycles. The molecule has 4 heteroatoms. The molecule has 0 saturated carbocycles. The molecule has 0 heterocycles. The zero-order valence-electron chi connectivity index (χ0n) is 9.66. The molecule has 1 amide bonds. The van der Waals surface area contributed by atoms with E-state index < -0.39 is 0 Å². The highest BCUT2D eigenvalue weighted by molar-refractivity contribution is 7.97. The number of carbonyl (C=O) groups excluding carboxylic acids is 1. The molecule has 1 N–H and O–H groups in total. The lowest BCUT2D eigenvalue weighted by molar-refractivity contribution is -0.117. The van der Waals surface area contributed by atoms with Crippen molar-refractivity contribution in [2.24, 2.45) is 0 Å². The van der Waals surface area contributed by atoms with Gasteiger partial charge in [-0.05, 0) is 24.0 Å². The van der Waals surface area contributed by atoms with Crippen molar-refractivity contribution in [3.8, 4) is 0 Å². The van der Waals surface area contributed by atoms with Crippen LogP contribution in [0, 0.1) is 0 Å². The van der Waals surface area contributed by atoms with Crippen molar-refractivity contribution in [3.05, 3.63) is 29.8 Å². The van der Waals surface area contributed by atoms with Crippen molar-refractivity contribution in [1.29, 1.82) is 0 Å². The van der Waals surface area contributed by atoms with E-state index in [-0.39, 0.29) is 5.91 Å². The summed E-state index contributed by atoms with van der Waals surface area (Å²) in [6, 6.07) is 7.91. The van der Waals surface area contributed by atoms with Gasteiger partial charge in [0.2, 0.25) is 5.91 Å². The molecule has 0 radical (unpaired) electrons. The quantitative estimate of drug-likeness (QED) is 0.829. The molecule has 3 nitrogen and oxygen atoms in total. The fraction of sp³-hybridized carbons (Fsp3) is 0.417. The molecule has 0 bridgehead atoms. The van der Waals surface area contributed by atoms with E-state index in [9.17, 15) is 4.79 Å². The zero-order valence-corrected chi connectivity index (χ0v) is 10.5. The summed E-state index contributed by atoms with van der Waals surface area (Å²) < 4.78 is 4.84. The van der Waals surface area contributed by atoms with Crippen LogP contribution in [-0.4, -0.2) is 25.9 Å². The highest BCUT2D eigenvalue weighted by Gasteiger charge is 2.01. The van der Waals surface area contributed by atoms with Crippen molar-refractivity contribution in [2.75, 3.05) is 25.3 Å². The minimum atomic E-state index is -0.0144. The Morgan fingerprint density at radius 2 is 2.06 bits per heavy atom. The Labute approximate surface area is 101 Å². The number of anilines is 1. The smallest absolute Gasteiger partial charge is 0.226 e. The van der Waals surface area contributed by atoms with E-state index in [1.165, 1.54) is 5.56 Å². The molecule has 1 aromatic rings. The van der Waals surface area contributed by atoms with Crippen molar-refractivity contribution in [2.45, 2.75) is 12.2 Å². The second-order valence-electron chi connectivity index (χ2n) is 3.42. The monoisotopic (exact) mass is 239 g/mol. The van der Waals surface area contributed by atoms with Gasteiger partial charge in [-0.1, -0.05) is 12.1 Å². The van der Waals surface area contributed by atoms with Crippen LogP contribution in [0.1, 0.15) is 12.0 Å². The van der Waals surface area contributed by atoms with Crippen LogP contribution in [0.4, 0.5) is 5.69 Å². The fourth-order valence-corrected chi connectivity index (χ4v) is 1.80. The van der Waals surface area contributed by atoms with E-state index in [1.54, 1.807) is 18.9 Å². The Morgan fingerprint density at radius 1 is 1.38 bits per heavy atom. The van der Waals surface area contributed by atoms with E-state index in [2.05, 4.69) is 11.6 Å². The van der Waals surface area contributed by atoms with Crippen LogP contribution in [0.5, 0.6) is 0 Å². The summed E-state index contributed by atoms with van der Waals surface area (Å²) in [6.07, 6.45) is 2.46. The Bertz CT molecular complexity index is 324. The molecule has 0 unspecified atom stereocenters. The van der Waals surface area contributed by atoms with Gasteiger partial charge in [0.1, 0.15) is 0 Å². The van der Waals surface area contributed by atoms with E-state index in [0.29, 0.717) is 13.0 Å². The van der Waals surface area contributed by atoms with Gasteiger partial charge in [0.15, 0.2) is 0 Å². The summed E-state index contributed by atoms with van der Waals surface area (Å²) in [4.78, 5) is 11.4. The number of rotatable bonds is 6. The van der Waals surface area contributed by atoms with Gasteiger partial charge < -0.3 is 10.1 Å². The van der Waals surface area contributed by atoms with Gasteiger partial charge in [-0.3, -0.25) is 4.79 Å². The van der Waals surface area contributed by atoms with E-state index in [1.807, 2.05) is 24.3 Å². The lowest BCUT2D eigenvalue weighted by Crippen LogP contribution is -2.13. The van der Waals surface area contributed by atoms with Crippen LogP contribution in [0.2, 0.25) is 0 Å². The fourth-order valence-electron chi connectivity index (χ4n) is 1.27. The zero-order chi connectivity index (χ0) is 11.8. The molecule has 0 saturated heterocycles. The van der Waals surface area contributed by atoms with E-state index in [4.69, 9.17) is 4.74 Å². The number of methoxy groups -OCH3 is 1. The van der Waals surface area contributed by atoms with Gasteiger partial charge in [0, 0.05) is 18.6 Å². The minimum absolute atomic E-state index is 0.0144. The van der Waals surface area contributed by atoms with E-state index >= 15 is 0 Å². The minimum Gasteiger partial charge on any atom is -0.384 e. The normalized spacial score (nSPS) is 10.1. The number of carbonyl (C=O) groups is 1. The first-order valence-corrected chi connectivity index (χ1v) is 6.52. The van der Waals surface area contributed by atoms with Crippen LogP contribution in [0.15, 0.2) is 24.3 Å². The maximum Gasteiger partial charge on any atom is 0.226 e. The van der Waals surface area contributed by atoms with Gasteiger partial charge in [0.05, 0.1) is 13.0 Å². The molecule has 0 fully saturated rings. The van der Waals surface area contributed by atoms with Crippen LogP contribution in [0.25, 0.3) is 0 Å². The molecule has 88 valence electrons. The molecule has 0 aliphatic heterocycles. The third-order valence-electron chi connectivity index (χ3n) is 2.08. The molecular formula is C12H17NO2S. The highest BCUT2D eigenvalue weighted by Crippen LogP contribution is 2.13. The van der Waals surface area contributed by atoms with Crippen molar-refractivity contribution >= 4 is 23.4 Å². The topological polar surface area (TPSA) is 38.3 Å². The number of thioether (sulfide) groups is 1. The third-order valence-corrected chi connectivity index (χ3v) is 2.70. The number of nitrogens with one attached hydrogen (secondary N) is 1. The molecule has 0 aromatic heterocycles. The maximum atomic E-state index is 11.4. The number of amides is 1. The number of hydrogen-bond acceptors (Lipinski definition) is 3. The van der Waals surface area contributed by atoms with Crippen molar-refractivity contribution in [3.63, 3.8) is 0 Å². The standard InChI is InChI=1S/C12H17NO2S/c1-15-8-7-12(14)13-11-5-3-10(4-6-11)9-16-2/h3-6H,7-9H2,1-2H3,(H,13,14). The van der Waals surface area contributed by atoms with Crippen molar-refractivity contribution < 1.29 is 9.53 Å². The summed E-state index contributed by atoms with van der Waals surface area (Å²) in [5.74, 6) is 0.984. The molecule has 16 heavy (non-hydrogen) atoms. The summed E-state index contributed by atoms with van der Waals surface area (Å²) in [6.45, 7) is 0.455. The molecule has 1 rings (SSSR count). The number of ether oxygens (including phenoxy) is 1. The van der Waals surface area contributed by atoms with Crippen LogP contribution < -0.4 is 5.32 Å². The lowest BCUT2D eigenvalue weighted by Gasteiger charge is -2.05. The van der Waals surface area contributed by atoms with Crippen molar-refractivity contribution in [1.82, 2.24) is 0 Å². The Morgan fingerprint density at radius 3 is 2.62 bits per heavy atom. The SMILES string of the molecule is COCCC(=O)Nc1ccc(CSC)cc1. The predicted octanol–water partition coefficient (Wildman–Crippen LogP) is 2.52. The first-order valence-electron chi connectivity index (χ1n) is 5.13. The number of hydrogen-bond donors (Lipinski definition) is 1. The molecular weight excluding hydrogens is 222 g/mol. The summed E-state index contributed by atoms with van der Waals surface area (Å²) >= 11 is 1.78. The molecule has 0 aliphatic rings. The summed E-state index contributed by atoms with van der Waals surface area (Å²) in [7, 11) is 1.59. The first kappa shape index (κ1) is 13.1. The Kier molecular flexibility index (Phi) is 5.96. The Hall–Kier alpha value is -1.00. The van der Waals surface area contributed by atoms with E-state index in [0.717, 1.165) is 11.4 Å². The highest BCUT2D eigenvalue weighted by atomic mass is 32.2. The van der Waals surface area contributed by atoms with Crippen LogP contribution in [-0.2, 0) is 15.3 Å². The Balaban J connectivity index is 2.45. The molecule has 0 spiro atoms. The lowest BCUT2D eigenvalue weighted by atomic mass is 10.2. The summed E-state index contributed by atoms with van der Waals surface area (Å²) in [5.41, 5.74) is 2.10. The van der Waals surface area contributed by atoms with Crippen LogP contribution >= 0.6 is 11.8 Å². The van der Waals surface area contributed by atoms with Crippen LogP contribution in [0.3, 0.4) is 0 Å². The maximum absolute atomic E-state index is 11.4. The average molecular weight is 239 g/mol. The largest absolute Gasteiger partial charge is 0.384 e. The summed E-state index contributed by atoms with van der Waals surface area (Å²) in [5, 5.41) is 2.82. The number of benzene rings is 1. The molecule has 0 aliphatic carbocycles. The van der Waals surface area contributed by atoms with Gasteiger partial charge in [0.25, 0.3) is 0 Å². The van der Waals surface area contributed by atoms with Gasteiger partial charge in [-0.2, -0.15) is 11.8 Å². The first-order chi connectivity index (χ1) is 7.76. The second kappa shape index (κ2) is 7.30. The van der Waals surface area contributed by atoms with Gasteiger partial charge in [-0.15, -0.1) is 0 Å². The second-order valence-corrected chi connectivity index (χ2v) is 4.29. The van der Waals surface area contributed by atoms with Gasteiger partial charge >= 0.3 is 0 Å².